The third kappa shape index (κ3) is 2.23. The summed E-state index contributed by atoms with van der Waals surface area (Å²) in [4.78, 5) is 10.6. The van der Waals surface area contributed by atoms with E-state index in [9.17, 15) is 4.79 Å². The molecular weight excluding hydrogens is 152 g/mol. The topological polar surface area (TPSA) is 40.0 Å². The predicted octanol–water partition coefficient (Wildman–Crippen LogP) is 1.34. The molecule has 0 amide bonds. The van der Waals surface area contributed by atoms with Crippen LogP contribution in [0.2, 0.25) is 0 Å². The van der Waals surface area contributed by atoms with Crippen molar-refractivity contribution in [3.05, 3.63) is 42.0 Å². The Morgan fingerprint density at radius 3 is 2.42 bits per heavy atom. The summed E-state index contributed by atoms with van der Waals surface area (Å²) in [5.41, 5.74) is 0.771. The number of carbonyl (C=O) groups excluding carboxylic acids is 1. The highest BCUT2D eigenvalue weighted by atomic mass is 16.3. The molecule has 62 valence electrons. The Kier molecular flexibility index (Phi) is 2.64. The van der Waals surface area contributed by atoms with Gasteiger partial charge in [-0.25, -0.2) is 0 Å². The minimum Gasteiger partial charge on any atom is -0.593 e. The zero-order chi connectivity index (χ0) is 8.97. The van der Waals surface area contributed by atoms with Crippen LogP contribution >= 0.6 is 0 Å². The molecule has 0 saturated heterocycles. The summed E-state index contributed by atoms with van der Waals surface area (Å²) >= 11 is 0. The first kappa shape index (κ1) is 8.53. The second-order valence-corrected chi connectivity index (χ2v) is 2.53. The molecule has 0 aromatic heterocycles. The average Bonchev–Trinajstić information content (AvgIpc) is 2.05. The Bertz CT molecular complexity index is 299. The van der Waals surface area contributed by atoms with Gasteiger partial charge in [0.15, 0.2) is 5.78 Å². The van der Waals surface area contributed by atoms with E-state index in [1.165, 1.54) is 13.0 Å². The van der Waals surface area contributed by atoms with Crippen LogP contribution in [0.4, 0.5) is 0 Å². The molecule has 1 aromatic carbocycles. The van der Waals surface area contributed by atoms with Gasteiger partial charge in [-0.1, -0.05) is 18.2 Å². The van der Waals surface area contributed by atoms with E-state index in [2.05, 4.69) is 0 Å². The van der Waals surface area contributed by atoms with Gasteiger partial charge in [0.05, 0.1) is 11.6 Å². The SMILES string of the molecule is CC(=O)C=C([OH2+])c1ccccc1. The monoisotopic (exact) mass is 163 g/mol. The van der Waals surface area contributed by atoms with Crippen molar-refractivity contribution in [2.45, 2.75) is 6.92 Å². The first-order valence-corrected chi connectivity index (χ1v) is 3.69. The maximum atomic E-state index is 10.6. The quantitative estimate of drug-likeness (QED) is 0.368. The van der Waals surface area contributed by atoms with Crippen molar-refractivity contribution in [3.63, 3.8) is 0 Å². The molecule has 0 unspecified atom stereocenters. The van der Waals surface area contributed by atoms with Gasteiger partial charge in [0.2, 0.25) is 0 Å². The van der Waals surface area contributed by atoms with Crippen LogP contribution < -0.4 is 0 Å². The molecule has 2 heteroatoms. The van der Waals surface area contributed by atoms with Crippen LogP contribution in [0.5, 0.6) is 0 Å². The lowest BCUT2D eigenvalue weighted by Crippen LogP contribution is -1.87. The van der Waals surface area contributed by atoms with Crippen molar-refractivity contribution in [1.82, 2.24) is 0 Å². The highest BCUT2D eigenvalue weighted by Crippen LogP contribution is 2.09. The average molecular weight is 163 g/mol. The molecular formula is C10H11O2+. The van der Waals surface area contributed by atoms with Gasteiger partial charge in [-0.05, 0) is 19.1 Å². The van der Waals surface area contributed by atoms with E-state index in [4.69, 9.17) is 5.11 Å². The molecule has 0 atom stereocenters. The summed E-state index contributed by atoms with van der Waals surface area (Å²) in [6.45, 7) is 1.44. The minimum atomic E-state index is -0.0937. The molecule has 1 aromatic rings. The summed E-state index contributed by atoms with van der Waals surface area (Å²) in [6, 6.07) is 9.18. The second kappa shape index (κ2) is 3.72. The van der Waals surface area contributed by atoms with Gasteiger partial charge in [-0.15, -0.1) is 0 Å². The molecule has 0 bridgehead atoms. The van der Waals surface area contributed by atoms with E-state index in [1.807, 2.05) is 30.3 Å². The number of hydrogen-bond donors (Lipinski definition) is 0. The summed E-state index contributed by atoms with van der Waals surface area (Å²) in [7, 11) is 0. The Morgan fingerprint density at radius 1 is 1.33 bits per heavy atom. The predicted molar refractivity (Wildman–Crippen MR) is 48.7 cm³/mol. The van der Waals surface area contributed by atoms with Crippen molar-refractivity contribution >= 4 is 11.5 Å². The molecule has 0 aliphatic heterocycles. The fourth-order valence-electron chi connectivity index (χ4n) is 0.904. The van der Waals surface area contributed by atoms with E-state index in [0.717, 1.165) is 5.56 Å². The maximum Gasteiger partial charge on any atom is 0.264 e. The molecule has 0 heterocycles. The van der Waals surface area contributed by atoms with E-state index < -0.39 is 0 Å². The summed E-state index contributed by atoms with van der Waals surface area (Å²) in [5.74, 6) is 0.173. The maximum absolute atomic E-state index is 10.6. The smallest absolute Gasteiger partial charge is 0.264 e. The lowest BCUT2D eigenvalue weighted by Gasteiger charge is -1.93. The summed E-state index contributed by atoms with van der Waals surface area (Å²) in [5, 5.41) is 7.48. The van der Waals surface area contributed by atoms with E-state index in [-0.39, 0.29) is 11.5 Å². The number of carbonyl (C=O) groups is 1. The Hall–Kier alpha value is -1.57. The van der Waals surface area contributed by atoms with Gasteiger partial charge in [0.25, 0.3) is 5.76 Å². The fraction of sp³-hybridized carbons (Fsp3) is 0.100. The standard InChI is InChI=1S/C10H10O2/c1-8(11)7-10(12)9-5-3-2-4-6-9/h2-7,12H,1H3/p+1. The third-order valence-corrected chi connectivity index (χ3v) is 1.43. The van der Waals surface area contributed by atoms with Crippen LogP contribution in [0.3, 0.4) is 0 Å². The third-order valence-electron chi connectivity index (χ3n) is 1.43. The molecule has 2 nitrogen and oxygen atoms in total. The number of allylic oxidation sites excluding steroid dienone is 1. The summed E-state index contributed by atoms with van der Waals surface area (Å²) < 4.78 is 0. The molecule has 1 rings (SSSR count). The summed E-state index contributed by atoms with van der Waals surface area (Å²) in [6.07, 6.45) is 1.31. The Balaban J connectivity index is 2.93. The molecule has 0 aliphatic carbocycles. The zero-order valence-electron chi connectivity index (χ0n) is 6.87. The molecule has 0 saturated carbocycles. The van der Waals surface area contributed by atoms with Crippen molar-refractivity contribution in [1.29, 1.82) is 0 Å². The Labute approximate surface area is 71.2 Å². The van der Waals surface area contributed by atoms with E-state index in [0.29, 0.717) is 0 Å². The number of hydrogen-bond acceptors (Lipinski definition) is 1. The highest BCUT2D eigenvalue weighted by Gasteiger charge is 2.02. The van der Waals surface area contributed by atoms with Gasteiger partial charge in [0.1, 0.15) is 0 Å². The van der Waals surface area contributed by atoms with Gasteiger partial charge in [-0.3, -0.25) is 4.79 Å². The van der Waals surface area contributed by atoms with Gasteiger partial charge >= 0.3 is 0 Å². The van der Waals surface area contributed by atoms with E-state index >= 15 is 0 Å². The van der Waals surface area contributed by atoms with Crippen LogP contribution in [-0.2, 0) is 4.79 Å². The minimum absolute atomic E-state index is 0.0937. The normalized spacial score (nSPS) is 11.2. The molecule has 2 N–H and O–H groups in total. The van der Waals surface area contributed by atoms with Gasteiger partial charge in [0, 0.05) is 0 Å². The van der Waals surface area contributed by atoms with Crippen molar-refractivity contribution in [2.24, 2.45) is 0 Å². The first-order chi connectivity index (χ1) is 5.70. The van der Waals surface area contributed by atoms with Crippen molar-refractivity contribution < 1.29 is 9.90 Å². The molecule has 0 spiro atoms. The lowest BCUT2D eigenvalue weighted by molar-refractivity contribution is -0.112. The molecule has 0 aliphatic rings. The Morgan fingerprint density at radius 2 is 1.92 bits per heavy atom. The van der Waals surface area contributed by atoms with Crippen LogP contribution in [-0.4, -0.2) is 10.9 Å². The van der Waals surface area contributed by atoms with Crippen LogP contribution in [0.25, 0.3) is 5.76 Å². The second-order valence-electron chi connectivity index (χ2n) is 2.53. The number of rotatable bonds is 2. The van der Waals surface area contributed by atoms with Crippen LogP contribution in [0.15, 0.2) is 36.4 Å². The van der Waals surface area contributed by atoms with Crippen LogP contribution in [0.1, 0.15) is 12.5 Å². The largest absolute Gasteiger partial charge is 0.593 e. The highest BCUT2D eigenvalue weighted by molar-refractivity contribution is 5.93. The van der Waals surface area contributed by atoms with E-state index in [1.54, 1.807) is 0 Å². The zero-order valence-corrected chi connectivity index (χ0v) is 6.87. The van der Waals surface area contributed by atoms with Crippen LogP contribution in [0, 0.1) is 0 Å². The fourth-order valence-corrected chi connectivity index (χ4v) is 0.904. The van der Waals surface area contributed by atoms with Gasteiger partial charge in [-0.2, -0.15) is 0 Å². The molecule has 12 heavy (non-hydrogen) atoms. The number of ketones is 1. The first-order valence-electron chi connectivity index (χ1n) is 3.69. The molecule has 0 fully saturated rings. The van der Waals surface area contributed by atoms with Crippen molar-refractivity contribution in [2.75, 3.05) is 0 Å². The van der Waals surface area contributed by atoms with Gasteiger partial charge < -0.3 is 5.11 Å². The van der Waals surface area contributed by atoms with Crippen molar-refractivity contribution in [3.8, 4) is 0 Å². The number of benzene rings is 1. The lowest BCUT2D eigenvalue weighted by atomic mass is 10.1. The molecule has 0 radical (unpaired) electrons.